The molecular formula is C22H12N4O14S4-4. The highest BCUT2D eigenvalue weighted by Crippen LogP contribution is 2.50. The Bertz CT molecular complexity index is 2190. The molecule has 2 N–H and O–H groups in total. The van der Waals surface area contributed by atoms with Crippen LogP contribution in [0.4, 0.5) is 22.7 Å². The highest BCUT2D eigenvalue weighted by Gasteiger charge is 2.25. The van der Waals surface area contributed by atoms with Crippen LogP contribution in [0.15, 0.2) is 101 Å². The number of hydrogen-bond acceptors (Lipinski definition) is 18. The first-order valence-electron chi connectivity index (χ1n) is 11.1. The Morgan fingerprint density at radius 3 is 1.11 bits per heavy atom. The number of benzene rings is 4. The second kappa shape index (κ2) is 11.3. The van der Waals surface area contributed by atoms with Crippen molar-refractivity contribution in [2.75, 3.05) is 0 Å². The van der Waals surface area contributed by atoms with Crippen LogP contribution in [-0.2, 0) is 40.5 Å². The molecule has 0 aliphatic heterocycles. The molecule has 4 rings (SSSR count). The maximum atomic E-state index is 12.0. The molecule has 4 aromatic rings. The summed E-state index contributed by atoms with van der Waals surface area (Å²) in [5.41, 5.74) is -3.75. The molecule has 0 spiro atoms. The number of phenols is 2. The molecule has 18 nitrogen and oxygen atoms in total. The van der Waals surface area contributed by atoms with E-state index in [9.17, 15) is 62.1 Å². The Hall–Kier alpha value is -4.42. The van der Waals surface area contributed by atoms with Crippen molar-refractivity contribution in [2.45, 2.75) is 19.6 Å². The van der Waals surface area contributed by atoms with E-state index in [-0.39, 0.29) is 0 Å². The summed E-state index contributed by atoms with van der Waals surface area (Å²) in [7, 11) is -21.5. The van der Waals surface area contributed by atoms with Gasteiger partial charge in [0.2, 0.25) is 0 Å². The van der Waals surface area contributed by atoms with Gasteiger partial charge in [-0.2, -0.15) is 0 Å². The average Bonchev–Trinajstić information content (AvgIpc) is 2.89. The first kappa shape index (κ1) is 32.5. The zero-order valence-electron chi connectivity index (χ0n) is 21.0. The fourth-order valence-corrected chi connectivity index (χ4v) is 6.26. The van der Waals surface area contributed by atoms with Crippen molar-refractivity contribution < 1.29 is 62.1 Å². The summed E-state index contributed by atoms with van der Waals surface area (Å²) in [5, 5.41) is 33.8. The van der Waals surface area contributed by atoms with E-state index in [4.69, 9.17) is 0 Å². The quantitative estimate of drug-likeness (QED) is 0.199. The third-order valence-electron chi connectivity index (χ3n) is 5.57. The lowest BCUT2D eigenvalue weighted by Crippen LogP contribution is -2.02. The third-order valence-corrected chi connectivity index (χ3v) is 9.04. The minimum absolute atomic E-state index is 0.399. The summed E-state index contributed by atoms with van der Waals surface area (Å²) in [5.74, 6) is -2.76. The van der Waals surface area contributed by atoms with Gasteiger partial charge >= 0.3 is 0 Å². The van der Waals surface area contributed by atoms with Crippen LogP contribution in [0.25, 0.3) is 10.8 Å². The topological polar surface area (TPSA) is 319 Å². The van der Waals surface area contributed by atoms with E-state index in [1.807, 2.05) is 0 Å². The molecule has 0 amide bonds. The van der Waals surface area contributed by atoms with E-state index in [2.05, 4.69) is 20.5 Å². The number of nitrogens with zero attached hydrogens (tertiary/aromatic N) is 4. The van der Waals surface area contributed by atoms with Crippen molar-refractivity contribution in [3.05, 3.63) is 60.7 Å². The summed E-state index contributed by atoms with van der Waals surface area (Å²) in [4.78, 5) is -4.61. The summed E-state index contributed by atoms with van der Waals surface area (Å²) < 4.78 is 141. The van der Waals surface area contributed by atoms with Crippen molar-refractivity contribution in [2.24, 2.45) is 20.5 Å². The Kier molecular flexibility index (Phi) is 8.31. The Morgan fingerprint density at radius 1 is 0.477 bits per heavy atom. The normalized spacial score (nSPS) is 13.3. The maximum absolute atomic E-state index is 12.0. The molecule has 0 saturated carbocycles. The van der Waals surface area contributed by atoms with E-state index < -0.39 is 105 Å². The Morgan fingerprint density at radius 2 is 0.795 bits per heavy atom. The van der Waals surface area contributed by atoms with Gasteiger partial charge in [0, 0.05) is 0 Å². The van der Waals surface area contributed by atoms with Gasteiger partial charge in [-0.1, -0.05) is 24.3 Å². The number of aromatic hydroxyl groups is 2. The predicted octanol–water partition coefficient (Wildman–Crippen LogP) is 2.70. The summed E-state index contributed by atoms with van der Waals surface area (Å²) in [6, 6.07) is 9.07. The van der Waals surface area contributed by atoms with Crippen LogP contribution < -0.4 is 0 Å². The van der Waals surface area contributed by atoms with Crippen LogP contribution in [-0.4, -0.2) is 62.1 Å². The fraction of sp³-hybridized carbons (Fsp3) is 0. The second-order valence-electron chi connectivity index (χ2n) is 8.39. The van der Waals surface area contributed by atoms with Gasteiger partial charge in [0.05, 0.1) is 25.0 Å². The first-order chi connectivity index (χ1) is 20.2. The van der Waals surface area contributed by atoms with Crippen LogP contribution >= 0.6 is 0 Å². The van der Waals surface area contributed by atoms with Crippen LogP contribution in [0.3, 0.4) is 0 Å². The molecule has 0 fully saturated rings. The highest BCUT2D eigenvalue weighted by atomic mass is 32.2. The zero-order valence-corrected chi connectivity index (χ0v) is 24.3. The van der Waals surface area contributed by atoms with Gasteiger partial charge < -0.3 is 28.4 Å². The number of fused-ring (bicyclic) bond motifs is 1. The molecule has 0 aromatic heterocycles. The third kappa shape index (κ3) is 6.56. The number of phenolic OH excluding ortho intramolecular Hbond substituents is 2. The lowest BCUT2D eigenvalue weighted by molar-refractivity contribution is 0.452. The summed E-state index contributed by atoms with van der Waals surface area (Å²) >= 11 is 0. The van der Waals surface area contributed by atoms with Crippen LogP contribution in [0.1, 0.15) is 0 Å². The molecule has 0 radical (unpaired) electrons. The Balaban J connectivity index is 2.07. The second-order valence-corrected chi connectivity index (χ2v) is 13.8. The lowest BCUT2D eigenvalue weighted by Gasteiger charge is -2.17. The van der Waals surface area contributed by atoms with Gasteiger partial charge in [0.25, 0.3) is 0 Å². The maximum Gasteiger partial charge on any atom is 0.156 e. The molecule has 232 valence electrons. The molecule has 0 bridgehead atoms. The standard InChI is InChI=1S/C22H16N4O14S4/c27-21-18-11(9-16(43(35,36)37)19(21)25-23-12-5-1-3-7-14(12)41(29,30)31)10-17(44(38,39)40)20(22(18)28)26-24-13-6-2-4-8-15(13)42(32,33)34/h1-10,27-28H,(H,29,30,31)(H,32,33,34)(H,35,36,37)(H,38,39,40)/p-4. The van der Waals surface area contributed by atoms with E-state index in [0.29, 0.717) is 12.1 Å². The number of rotatable bonds is 8. The predicted molar refractivity (Wildman–Crippen MR) is 140 cm³/mol. The first-order valence-corrected chi connectivity index (χ1v) is 16.8. The van der Waals surface area contributed by atoms with Crippen molar-refractivity contribution >= 4 is 74.0 Å². The molecule has 4 aromatic carbocycles. The molecule has 44 heavy (non-hydrogen) atoms. The summed E-state index contributed by atoms with van der Waals surface area (Å²) in [6.45, 7) is 0. The van der Waals surface area contributed by atoms with Crippen molar-refractivity contribution in [1.29, 1.82) is 0 Å². The van der Waals surface area contributed by atoms with E-state index in [0.717, 1.165) is 36.4 Å². The molecule has 0 aliphatic rings. The number of azo groups is 2. The van der Waals surface area contributed by atoms with Crippen LogP contribution in [0.2, 0.25) is 0 Å². The monoisotopic (exact) mass is 684 g/mol. The molecular weight excluding hydrogens is 673 g/mol. The molecule has 0 saturated heterocycles. The Labute approximate surface area is 247 Å². The van der Waals surface area contributed by atoms with Gasteiger partial charge in [-0.05, 0) is 41.8 Å². The molecule has 0 heterocycles. The van der Waals surface area contributed by atoms with Crippen LogP contribution in [0, 0.1) is 0 Å². The average molecular weight is 685 g/mol. The zero-order chi connectivity index (χ0) is 32.8. The highest BCUT2D eigenvalue weighted by molar-refractivity contribution is 7.86. The fourth-order valence-electron chi connectivity index (χ4n) is 3.75. The minimum Gasteiger partial charge on any atom is -0.744 e. The molecule has 22 heteroatoms. The van der Waals surface area contributed by atoms with Crippen LogP contribution in [0.5, 0.6) is 11.5 Å². The van der Waals surface area contributed by atoms with Gasteiger partial charge in [-0.3, -0.25) is 0 Å². The molecule has 0 aliphatic carbocycles. The summed E-state index contributed by atoms with van der Waals surface area (Å²) in [6.07, 6.45) is 0. The van der Waals surface area contributed by atoms with Crippen molar-refractivity contribution in [3.8, 4) is 11.5 Å². The molecule has 0 atom stereocenters. The van der Waals surface area contributed by atoms with Crippen molar-refractivity contribution in [1.82, 2.24) is 0 Å². The van der Waals surface area contributed by atoms with Gasteiger partial charge in [-0.15, -0.1) is 20.5 Å². The van der Waals surface area contributed by atoms with Gasteiger partial charge in [0.1, 0.15) is 63.2 Å². The van der Waals surface area contributed by atoms with E-state index in [1.165, 1.54) is 12.1 Å². The van der Waals surface area contributed by atoms with E-state index in [1.54, 1.807) is 0 Å². The number of hydrogen-bond donors (Lipinski definition) is 2. The van der Waals surface area contributed by atoms with Gasteiger partial charge in [0.15, 0.2) is 11.5 Å². The lowest BCUT2D eigenvalue weighted by atomic mass is 10.1. The smallest absolute Gasteiger partial charge is 0.156 e. The SMILES string of the molecule is O=S(=O)([O-])c1ccccc1N=Nc1c(S(=O)(=O)[O-])cc2cc(S(=O)(=O)[O-])c(N=Nc3ccccc3S(=O)(=O)[O-])c(O)c2c1O. The van der Waals surface area contributed by atoms with Gasteiger partial charge in [-0.25, -0.2) is 33.7 Å². The minimum atomic E-state index is -5.61. The van der Waals surface area contributed by atoms with E-state index >= 15 is 0 Å². The van der Waals surface area contributed by atoms with Crippen molar-refractivity contribution in [3.63, 3.8) is 0 Å². The molecule has 0 unspecified atom stereocenters. The largest absolute Gasteiger partial charge is 0.744 e.